The molecule has 0 aliphatic heterocycles. The summed E-state index contributed by atoms with van der Waals surface area (Å²) in [5, 5.41) is 9.24. The van der Waals surface area contributed by atoms with Gasteiger partial charge in [-0.05, 0) is 44.6 Å². The highest BCUT2D eigenvalue weighted by atomic mass is 16.2. The van der Waals surface area contributed by atoms with Crippen LogP contribution >= 0.6 is 0 Å². The minimum absolute atomic E-state index is 0.0957. The lowest BCUT2D eigenvalue weighted by Crippen LogP contribution is -2.53. The molecule has 0 radical (unpaired) electrons. The number of hydrogen-bond acceptors (Lipinski definition) is 2. The summed E-state index contributed by atoms with van der Waals surface area (Å²) in [6.07, 6.45) is 4.98. The normalized spacial score (nSPS) is 16.1. The van der Waals surface area contributed by atoms with Gasteiger partial charge in [-0.3, -0.25) is 4.79 Å². The second-order valence-electron chi connectivity index (χ2n) is 5.79. The molecule has 1 saturated carbocycles. The van der Waals surface area contributed by atoms with Crippen LogP contribution in [0.25, 0.3) is 0 Å². The van der Waals surface area contributed by atoms with Gasteiger partial charge in [-0.25, -0.2) is 0 Å². The Morgan fingerprint density at radius 2 is 2.00 bits per heavy atom. The number of aryl methyl sites for hydroxylation is 2. The average Bonchev–Trinajstić information content (AvgIpc) is 2.40. The Kier molecular flexibility index (Phi) is 4.44. The zero-order valence-corrected chi connectivity index (χ0v) is 12.4. The zero-order valence-electron chi connectivity index (χ0n) is 12.4. The first-order valence-electron chi connectivity index (χ1n) is 7.31. The second-order valence-corrected chi connectivity index (χ2v) is 5.79. The van der Waals surface area contributed by atoms with E-state index in [9.17, 15) is 10.1 Å². The van der Waals surface area contributed by atoms with E-state index in [0.29, 0.717) is 6.42 Å². The van der Waals surface area contributed by atoms with E-state index in [1.807, 2.05) is 0 Å². The van der Waals surface area contributed by atoms with Crippen LogP contribution < -0.4 is 0 Å². The highest BCUT2D eigenvalue weighted by molar-refractivity contribution is 5.77. The molecule has 0 atom stereocenters. The number of amides is 1. The second kappa shape index (κ2) is 6.09. The van der Waals surface area contributed by atoms with Crippen molar-refractivity contribution in [2.24, 2.45) is 0 Å². The summed E-state index contributed by atoms with van der Waals surface area (Å²) >= 11 is 0. The maximum Gasteiger partial charge on any atom is 0.223 e. The van der Waals surface area contributed by atoms with Crippen LogP contribution in [0.15, 0.2) is 24.3 Å². The Balaban J connectivity index is 1.80. The Hall–Kier alpha value is -1.82. The lowest BCUT2D eigenvalue weighted by molar-refractivity contribution is -0.136. The van der Waals surface area contributed by atoms with Gasteiger partial charge in [-0.1, -0.05) is 29.8 Å². The maximum atomic E-state index is 12.2. The van der Waals surface area contributed by atoms with Crippen molar-refractivity contribution in [3.05, 3.63) is 35.4 Å². The first-order chi connectivity index (χ1) is 9.57. The highest BCUT2D eigenvalue weighted by Crippen LogP contribution is 2.36. The SMILES string of the molecule is Cc1ccc(CCCC(=O)N(C)C2(C#N)CCC2)cc1. The summed E-state index contributed by atoms with van der Waals surface area (Å²) in [7, 11) is 1.77. The molecule has 1 aromatic carbocycles. The molecule has 1 aliphatic carbocycles. The maximum absolute atomic E-state index is 12.2. The summed E-state index contributed by atoms with van der Waals surface area (Å²) in [4.78, 5) is 13.8. The van der Waals surface area contributed by atoms with Gasteiger partial charge in [-0.2, -0.15) is 5.26 Å². The van der Waals surface area contributed by atoms with Crippen molar-refractivity contribution in [2.45, 2.75) is 51.0 Å². The minimum Gasteiger partial charge on any atom is -0.327 e. The Morgan fingerprint density at radius 3 is 2.50 bits per heavy atom. The number of benzene rings is 1. The molecule has 1 amide bonds. The molecular formula is C17H22N2O. The van der Waals surface area contributed by atoms with Gasteiger partial charge in [0, 0.05) is 13.5 Å². The number of rotatable bonds is 5. The molecule has 1 aliphatic rings. The third-order valence-corrected chi connectivity index (χ3v) is 4.38. The van der Waals surface area contributed by atoms with E-state index in [2.05, 4.69) is 37.3 Å². The summed E-state index contributed by atoms with van der Waals surface area (Å²) < 4.78 is 0. The van der Waals surface area contributed by atoms with Crippen molar-refractivity contribution < 1.29 is 4.79 Å². The molecule has 0 saturated heterocycles. The largest absolute Gasteiger partial charge is 0.327 e. The van der Waals surface area contributed by atoms with E-state index in [1.165, 1.54) is 11.1 Å². The van der Waals surface area contributed by atoms with E-state index in [4.69, 9.17) is 0 Å². The molecule has 2 rings (SSSR count). The monoisotopic (exact) mass is 270 g/mol. The van der Waals surface area contributed by atoms with Gasteiger partial charge in [0.15, 0.2) is 0 Å². The number of carbonyl (C=O) groups is 1. The molecule has 1 fully saturated rings. The molecular weight excluding hydrogens is 248 g/mol. The quantitative estimate of drug-likeness (QED) is 0.824. The fourth-order valence-corrected chi connectivity index (χ4v) is 2.64. The van der Waals surface area contributed by atoms with E-state index >= 15 is 0 Å². The van der Waals surface area contributed by atoms with Gasteiger partial charge in [-0.15, -0.1) is 0 Å². The van der Waals surface area contributed by atoms with Crippen LogP contribution in [0.5, 0.6) is 0 Å². The summed E-state index contributed by atoms with van der Waals surface area (Å²) in [5.74, 6) is 0.0957. The predicted molar refractivity (Wildman–Crippen MR) is 79.1 cm³/mol. The topological polar surface area (TPSA) is 44.1 Å². The van der Waals surface area contributed by atoms with E-state index < -0.39 is 5.54 Å². The first-order valence-corrected chi connectivity index (χ1v) is 7.31. The van der Waals surface area contributed by atoms with Gasteiger partial charge in [0.2, 0.25) is 5.91 Å². The van der Waals surface area contributed by atoms with Crippen molar-refractivity contribution in [1.82, 2.24) is 4.90 Å². The summed E-state index contributed by atoms with van der Waals surface area (Å²) in [6.45, 7) is 2.07. The van der Waals surface area contributed by atoms with Gasteiger partial charge in [0.25, 0.3) is 0 Å². The van der Waals surface area contributed by atoms with Crippen molar-refractivity contribution >= 4 is 5.91 Å². The predicted octanol–water partition coefficient (Wildman–Crippen LogP) is 3.22. The fraction of sp³-hybridized carbons (Fsp3) is 0.529. The number of carbonyl (C=O) groups excluding carboxylic acids is 1. The number of hydrogen-bond donors (Lipinski definition) is 0. The summed E-state index contributed by atoms with van der Waals surface area (Å²) in [5.41, 5.74) is 2.01. The van der Waals surface area contributed by atoms with Gasteiger partial charge in [0.05, 0.1) is 6.07 Å². The zero-order chi connectivity index (χ0) is 14.6. The molecule has 0 aromatic heterocycles. The highest BCUT2D eigenvalue weighted by Gasteiger charge is 2.43. The Labute approximate surface area is 121 Å². The van der Waals surface area contributed by atoms with Crippen LogP contribution in [0.1, 0.15) is 43.2 Å². The van der Waals surface area contributed by atoms with Crippen LogP contribution in [-0.4, -0.2) is 23.4 Å². The molecule has 106 valence electrons. The first kappa shape index (κ1) is 14.6. The van der Waals surface area contributed by atoms with Gasteiger partial charge < -0.3 is 4.90 Å². The van der Waals surface area contributed by atoms with Crippen LogP contribution in [0.3, 0.4) is 0 Å². The molecule has 0 heterocycles. The molecule has 0 spiro atoms. The minimum atomic E-state index is -0.513. The molecule has 20 heavy (non-hydrogen) atoms. The number of nitriles is 1. The van der Waals surface area contributed by atoms with Crippen LogP contribution in [0, 0.1) is 18.3 Å². The van der Waals surface area contributed by atoms with Crippen LogP contribution in [0.4, 0.5) is 0 Å². The van der Waals surface area contributed by atoms with Crippen molar-refractivity contribution in [3.8, 4) is 6.07 Å². The van der Waals surface area contributed by atoms with Gasteiger partial charge >= 0.3 is 0 Å². The lowest BCUT2D eigenvalue weighted by Gasteiger charge is -2.43. The fourth-order valence-electron chi connectivity index (χ4n) is 2.64. The molecule has 0 bridgehead atoms. The Bertz CT molecular complexity index is 509. The molecule has 1 aromatic rings. The molecule has 0 N–H and O–H groups in total. The molecule has 3 heteroatoms. The van der Waals surface area contributed by atoms with Crippen molar-refractivity contribution in [3.63, 3.8) is 0 Å². The van der Waals surface area contributed by atoms with E-state index in [1.54, 1.807) is 11.9 Å². The third-order valence-electron chi connectivity index (χ3n) is 4.38. The van der Waals surface area contributed by atoms with Gasteiger partial charge in [0.1, 0.15) is 5.54 Å². The van der Waals surface area contributed by atoms with Crippen LogP contribution in [-0.2, 0) is 11.2 Å². The molecule has 0 unspecified atom stereocenters. The van der Waals surface area contributed by atoms with Crippen molar-refractivity contribution in [1.29, 1.82) is 5.26 Å². The molecule has 3 nitrogen and oxygen atoms in total. The Morgan fingerprint density at radius 1 is 1.35 bits per heavy atom. The third kappa shape index (κ3) is 3.01. The summed E-state index contributed by atoms with van der Waals surface area (Å²) in [6, 6.07) is 10.7. The van der Waals surface area contributed by atoms with E-state index in [0.717, 1.165) is 32.1 Å². The smallest absolute Gasteiger partial charge is 0.223 e. The average molecular weight is 270 g/mol. The number of nitrogens with zero attached hydrogens (tertiary/aromatic N) is 2. The standard InChI is InChI=1S/C17H22N2O/c1-14-7-9-15(10-8-14)5-3-6-16(20)19(2)17(13-18)11-4-12-17/h7-10H,3-6,11-12H2,1-2H3. The lowest BCUT2D eigenvalue weighted by atomic mass is 9.76. The van der Waals surface area contributed by atoms with Crippen molar-refractivity contribution in [2.75, 3.05) is 7.05 Å². The van der Waals surface area contributed by atoms with Crippen LogP contribution in [0.2, 0.25) is 0 Å². The van der Waals surface area contributed by atoms with E-state index in [-0.39, 0.29) is 5.91 Å².